The second-order valence-corrected chi connectivity index (χ2v) is 4.36. The summed E-state index contributed by atoms with van der Waals surface area (Å²) in [7, 11) is 0. The number of rotatable bonds is 3. The van der Waals surface area contributed by atoms with E-state index in [-0.39, 0.29) is 6.54 Å². The molecule has 0 saturated heterocycles. The van der Waals surface area contributed by atoms with Crippen molar-refractivity contribution in [2.24, 2.45) is 5.73 Å². The van der Waals surface area contributed by atoms with Gasteiger partial charge in [-0.3, -0.25) is 4.79 Å². The van der Waals surface area contributed by atoms with Crippen LogP contribution in [0.2, 0.25) is 0 Å². The SMILES string of the molecule is NCc1ccccc1NC(=O)c1ccccc1C(F)(F)F. The molecule has 0 aliphatic rings. The predicted molar refractivity (Wildman–Crippen MR) is 73.7 cm³/mol. The first-order valence-electron chi connectivity index (χ1n) is 6.19. The summed E-state index contributed by atoms with van der Waals surface area (Å²) in [5, 5.41) is 2.47. The Morgan fingerprint density at radius 3 is 2.33 bits per heavy atom. The van der Waals surface area contributed by atoms with Crippen LogP contribution in [0.4, 0.5) is 18.9 Å². The molecule has 1 amide bonds. The molecule has 0 aromatic heterocycles. The van der Waals surface area contributed by atoms with E-state index < -0.39 is 23.2 Å². The zero-order valence-corrected chi connectivity index (χ0v) is 10.9. The van der Waals surface area contributed by atoms with Crippen molar-refractivity contribution in [3.05, 3.63) is 65.2 Å². The molecule has 0 aliphatic carbocycles. The summed E-state index contributed by atoms with van der Waals surface area (Å²) in [6, 6.07) is 11.4. The molecular weight excluding hydrogens is 281 g/mol. The Kier molecular flexibility index (Phi) is 4.28. The van der Waals surface area contributed by atoms with Crippen LogP contribution in [0.3, 0.4) is 0 Å². The van der Waals surface area contributed by atoms with Gasteiger partial charge in [0.05, 0.1) is 11.1 Å². The number of anilines is 1. The molecule has 6 heteroatoms. The maximum atomic E-state index is 12.9. The first kappa shape index (κ1) is 15.1. The predicted octanol–water partition coefficient (Wildman–Crippen LogP) is 3.42. The Hall–Kier alpha value is -2.34. The molecule has 2 aromatic carbocycles. The lowest BCUT2D eigenvalue weighted by Crippen LogP contribution is -2.19. The largest absolute Gasteiger partial charge is 0.417 e. The van der Waals surface area contributed by atoms with E-state index in [4.69, 9.17) is 5.73 Å². The van der Waals surface area contributed by atoms with Crippen LogP contribution in [-0.2, 0) is 12.7 Å². The van der Waals surface area contributed by atoms with Crippen molar-refractivity contribution in [3.8, 4) is 0 Å². The molecule has 110 valence electrons. The number of hydrogen-bond acceptors (Lipinski definition) is 2. The second kappa shape index (κ2) is 5.97. The summed E-state index contributed by atoms with van der Waals surface area (Å²) in [5.41, 5.74) is 5.20. The van der Waals surface area contributed by atoms with E-state index in [1.54, 1.807) is 24.3 Å². The van der Waals surface area contributed by atoms with Crippen LogP contribution in [0, 0.1) is 0 Å². The Morgan fingerprint density at radius 1 is 1.05 bits per heavy atom. The molecule has 0 spiro atoms. The van der Waals surface area contributed by atoms with Gasteiger partial charge in [-0.15, -0.1) is 0 Å². The molecular formula is C15H13F3N2O. The molecule has 3 nitrogen and oxygen atoms in total. The van der Waals surface area contributed by atoms with Gasteiger partial charge in [0.2, 0.25) is 0 Å². The quantitative estimate of drug-likeness (QED) is 0.911. The lowest BCUT2D eigenvalue weighted by molar-refractivity contribution is -0.137. The highest BCUT2D eigenvalue weighted by molar-refractivity contribution is 6.05. The molecule has 3 N–H and O–H groups in total. The Balaban J connectivity index is 2.34. The normalized spacial score (nSPS) is 11.2. The Labute approximate surface area is 119 Å². The lowest BCUT2D eigenvalue weighted by atomic mass is 10.1. The van der Waals surface area contributed by atoms with E-state index >= 15 is 0 Å². The van der Waals surface area contributed by atoms with Gasteiger partial charge in [-0.05, 0) is 23.8 Å². The number of nitrogens with two attached hydrogens (primary N) is 1. The van der Waals surface area contributed by atoms with Gasteiger partial charge in [0, 0.05) is 12.2 Å². The van der Waals surface area contributed by atoms with Crippen LogP contribution < -0.4 is 11.1 Å². The van der Waals surface area contributed by atoms with Crippen LogP contribution in [0.15, 0.2) is 48.5 Å². The van der Waals surface area contributed by atoms with E-state index in [1.165, 1.54) is 12.1 Å². The summed E-state index contributed by atoms with van der Waals surface area (Å²) in [6.07, 6.45) is -4.58. The fourth-order valence-electron chi connectivity index (χ4n) is 1.94. The molecule has 0 aliphatic heterocycles. The van der Waals surface area contributed by atoms with Gasteiger partial charge in [-0.2, -0.15) is 13.2 Å². The molecule has 0 unspecified atom stereocenters. The van der Waals surface area contributed by atoms with Crippen molar-refractivity contribution < 1.29 is 18.0 Å². The van der Waals surface area contributed by atoms with E-state index in [0.717, 1.165) is 12.1 Å². The first-order valence-corrected chi connectivity index (χ1v) is 6.19. The third-order valence-electron chi connectivity index (χ3n) is 2.96. The number of carbonyl (C=O) groups is 1. The zero-order valence-electron chi connectivity index (χ0n) is 10.9. The highest BCUT2D eigenvalue weighted by Crippen LogP contribution is 2.32. The highest BCUT2D eigenvalue weighted by Gasteiger charge is 2.34. The van der Waals surface area contributed by atoms with Gasteiger partial charge in [0.15, 0.2) is 0 Å². The maximum absolute atomic E-state index is 12.9. The highest BCUT2D eigenvalue weighted by atomic mass is 19.4. The average molecular weight is 294 g/mol. The number of para-hydroxylation sites is 1. The minimum Gasteiger partial charge on any atom is -0.326 e. The number of amides is 1. The molecule has 0 bridgehead atoms. The van der Waals surface area contributed by atoms with Gasteiger partial charge in [-0.25, -0.2) is 0 Å². The number of alkyl halides is 3. The fraction of sp³-hybridized carbons (Fsp3) is 0.133. The number of hydrogen-bond donors (Lipinski definition) is 2. The van der Waals surface area contributed by atoms with E-state index in [0.29, 0.717) is 11.3 Å². The summed E-state index contributed by atoms with van der Waals surface area (Å²) >= 11 is 0. The zero-order chi connectivity index (χ0) is 15.5. The molecule has 0 saturated carbocycles. The number of nitrogens with one attached hydrogen (secondary N) is 1. The molecule has 0 radical (unpaired) electrons. The second-order valence-electron chi connectivity index (χ2n) is 4.36. The van der Waals surface area contributed by atoms with Crippen LogP contribution in [0.1, 0.15) is 21.5 Å². The monoisotopic (exact) mass is 294 g/mol. The number of halogens is 3. The van der Waals surface area contributed by atoms with Crippen LogP contribution in [0.25, 0.3) is 0 Å². The van der Waals surface area contributed by atoms with E-state index in [9.17, 15) is 18.0 Å². The van der Waals surface area contributed by atoms with Crippen LogP contribution in [0.5, 0.6) is 0 Å². The molecule has 21 heavy (non-hydrogen) atoms. The van der Waals surface area contributed by atoms with E-state index in [2.05, 4.69) is 5.32 Å². The third-order valence-corrected chi connectivity index (χ3v) is 2.96. The topological polar surface area (TPSA) is 55.1 Å². The maximum Gasteiger partial charge on any atom is 0.417 e. The average Bonchev–Trinajstić information content (AvgIpc) is 2.47. The minimum atomic E-state index is -4.58. The summed E-state index contributed by atoms with van der Waals surface area (Å²) in [5.74, 6) is -0.816. The van der Waals surface area contributed by atoms with Gasteiger partial charge in [0.1, 0.15) is 0 Å². The Morgan fingerprint density at radius 2 is 1.67 bits per heavy atom. The standard InChI is InChI=1S/C15H13F3N2O/c16-15(17,18)12-7-3-2-6-11(12)14(21)20-13-8-4-1-5-10(13)9-19/h1-8H,9,19H2,(H,20,21). The molecule has 2 aromatic rings. The molecule has 0 heterocycles. The number of benzene rings is 2. The van der Waals surface area contributed by atoms with Crippen molar-refractivity contribution in [2.75, 3.05) is 5.32 Å². The fourth-order valence-corrected chi connectivity index (χ4v) is 1.94. The van der Waals surface area contributed by atoms with Crippen LogP contribution in [-0.4, -0.2) is 5.91 Å². The lowest BCUT2D eigenvalue weighted by Gasteiger charge is -2.14. The van der Waals surface area contributed by atoms with Gasteiger partial charge >= 0.3 is 6.18 Å². The van der Waals surface area contributed by atoms with Crippen molar-refractivity contribution in [1.29, 1.82) is 0 Å². The Bertz CT molecular complexity index is 653. The summed E-state index contributed by atoms with van der Waals surface area (Å²) in [4.78, 5) is 12.1. The summed E-state index contributed by atoms with van der Waals surface area (Å²) in [6.45, 7) is 0.178. The van der Waals surface area contributed by atoms with E-state index in [1.807, 2.05) is 0 Å². The smallest absolute Gasteiger partial charge is 0.326 e. The number of carbonyl (C=O) groups excluding carboxylic acids is 1. The van der Waals surface area contributed by atoms with Crippen molar-refractivity contribution in [3.63, 3.8) is 0 Å². The van der Waals surface area contributed by atoms with Gasteiger partial charge < -0.3 is 11.1 Å². The molecule has 0 fully saturated rings. The van der Waals surface area contributed by atoms with Crippen molar-refractivity contribution in [2.45, 2.75) is 12.7 Å². The van der Waals surface area contributed by atoms with Crippen molar-refractivity contribution in [1.82, 2.24) is 0 Å². The van der Waals surface area contributed by atoms with Crippen LogP contribution >= 0.6 is 0 Å². The van der Waals surface area contributed by atoms with Crippen molar-refractivity contribution >= 4 is 11.6 Å². The van der Waals surface area contributed by atoms with Gasteiger partial charge in [-0.1, -0.05) is 30.3 Å². The molecule has 0 atom stereocenters. The minimum absolute atomic E-state index is 0.178. The van der Waals surface area contributed by atoms with Gasteiger partial charge in [0.25, 0.3) is 5.91 Å². The summed E-state index contributed by atoms with van der Waals surface area (Å²) < 4.78 is 38.7. The third kappa shape index (κ3) is 3.41. The first-order chi connectivity index (χ1) is 9.93. The molecule has 2 rings (SSSR count).